The van der Waals surface area contributed by atoms with Gasteiger partial charge in [0, 0.05) is 18.3 Å². The number of nitrogens with zero attached hydrogens (tertiary/aromatic N) is 2. The highest BCUT2D eigenvalue weighted by molar-refractivity contribution is 9.10. The summed E-state index contributed by atoms with van der Waals surface area (Å²) in [5.74, 6) is -0.557. The molecule has 0 aliphatic heterocycles. The van der Waals surface area contributed by atoms with E-state index in [0.29, 0.717) is 33.2 Å². The molecule has 2 amide bonds. The van der Waals surface area contributed by atoms with Crippen LogP contribution in [0.3, 0.4) is 0 Å². The molecular formula is C19H15BrF4N4O2. The number of amides is 2. The van der Waals surface area contributed by atoms with Gasteiger partial charge in [-0.3, -0.25) is 4.68 Å². The molecule has 2 N–H and O–H groups in total. The Labute approximate surface area is 177 Å². The molecule has 1 aromatic heterocycles. The number of methoxy groups -OCH3 is 1. The fraction of sp³-hybridized carbons (Fsp3) is 0.158. The minimum atomic E-state index is -4.83. The highest BCUT2D eigenvalue weighted by atomic mass is 79.9. The molecule has 6 nitrogen and oxygen atoms in total. The third-order valence-corrected chi connectivity index (χ3v) is 4.72. The second-order valence-corrected chi connectivity index (χ2v) is 7.00. The molecule has 0 aliphatic rings. The molecule has 0 unspecified atom stereocenters. The van der Waals surface area contributed by atoms with E-state index in [0.717, 1.165) is 12.1 Å². The van der Waals surface area contributed by atoms with Gasteiger partial charge < -0.3 is 15.4 Å². The van der Waals surface area contributed by atoms with Crippen LogP contribution in [0.25, 0.3) is 11.3 Å². The molecule has 0 spiro atoms. The van der Waals surface area contributed by atoms with E-state index in [1.54, 1.807) is 30.1 Å². The van der Waals surface area contributed by atoms with Crippen molar-refractivity contribution in [3.05, 3.63) is 58.4 Å². The molecule has 2 aromatic carbocycles. The quantitative estimate of drug-likeness (QED) is 0.467. The van der Waals surface area contributed by atoms with Crippen molar-refractivity contribution >= 4 is 33.3 Å². The molecule has 0 atom stereocenters. The smallest absolute Gasteiger partial charge is 0.418 e. The van der Waals surface area contributed by atoms with E-state index in [1.807, 2.05) is 0 Å². The van der Waals surface area contributed by atoms with Gasteiger partial charge >= 0.3 is 12.2 Å². The van der Waals surface area contributed by atoms with Crippen LogP contribution < -0.4 is 15.4 Å². The van der Waals surface area contributed by atoms with E-state index in [4.69, 9.17) is 4.74 Å². The van der Waals surface area contributed by atoms with E-state index in [1.165, 1.54) is 13.2 Å². The lowest BCUT2D eigenvalue weighted by Crippen LogP contribution is -2.22. The number of halogens is 5. The maximum Gasteiger partial charge on any atom is 0.418 e. The highest BCUT2D eigenvalue weighted by Crippen LogP contribution is 2.37. The number of hydrogen-bond acceptors (Lipinski definition) is 3. The number of carbonyl (C=O) groups is 1. The Balaban J connectivity index is 1.88. The van der Waals surface area contributed by atoms with Crippen molar-refractivity contribution < 1.29 is 27.1 Å². The molecule has 158 valence electrons. The minimum Gasteiger partial charge on any atom is -0.496 e. The molecule has 0 aliphatic carbocycles. The van der Waals surface area contributed by atoms with Crippen LogP contribution in [0, 0.1) is 5.82 Å². The number of benzene rings is 2. The zero-order chi connectivity index (χ0) is 22.1. The van der Waals surface area contributed by atoms with Crippen LogP contribution in [0.15, 0.2) is 47.1 Å². The maximum absolute atomic E-state index is 13.2. The molecule has 0 radical (unpaired) electrons. The lowest BCUT2D eigenvalue weighted by molar-refractivity contribution is -0.137. The van der Waals surface area contributed by atoms with Crippen LogP contribution in [-0.2, 0) is 13.2 Å². The number of rotatable bonds is 4. The van der Waals surface area contributed by atoms with Crippen molar-refractivity contribution in [1.82, 2.24) is 9.78 Å². The van der Waals surface area contributed by atoms with Gasteiger partial charge in [-0.15, -0.1) is 0 Å². The number of anilines is 2. The number of alkyl halides is 3. The van der Waals surface area contributed by atoms with E-state index in [2.05, 4.69) is 31.7 Å². The largest absolute Gasteiger partial charge is 0.496 e. The number of nitrogens with one attached hydrogen (secondary N) is 2. The SMILES string of the molecule is COc1ccc(NC(=O)Nc2ccc(F)cc2C(F)(F)F)cc1-c1c(Br)cnn1C. The Bertz CT molecular complexity index is 1080. The van der Waals surface area contributed by atoms with E-state index in [-0.39, 0.29) is 0 Å². The van der Waals surface area contributed by atoms with Gasteiger partial charge in [-0.2, -0.15) is 18.3 Å². The summed E-state index contributed by atoms with van der Waals surface area (Å²) in [6, 6.07) is 5.80. The lowest BCUT2D eigenvalue weighted by Gasteiger charge is -2.15. The van der Waals surface area contributed by atoms with Crippen molar-refractivity contribution in [3.8, 4) is 17.0 Å². The minimum absolute atomic E-state index is 0.298. The Hall–Kier alpha value is -3.08. The van der Waals surface area contributed by atoms with Crippen molar-refractivity contribution in [2.45, 2.75) is 6.18 Å². The van der Waals surface area contributed by atoms with Gasteiger partial charge in [-0.25, -0.2) is 9.18 Å². The molecular weight excluding hydrogens is 472 g/mol. The third kappa shape index (κ3) is 4.56. The lowest BCUT2D eigenvalue weighted by atomic mass is 10.1. The summed E-state index contributed by atoms with van der Waals surface area (Å²) < 4.78 is 60.2. The molecule has 11 heteroatoms. The Morgan fingerprint density at radius 2 is 1.90 bits per heavy atom. The molecule has 0 saturated carbocycles. The first-order valence-corrected chi connectivity index (χ1v) is 9.20. The predicted molar refractivity (Wildman–Crippen MR) is 107 cm³/mol. The van der Waals surface area contributed by atoms with Gasteiger partial charge in [-0.1, -0.05) is 0 Å². The number of hydrogen-bond donors (Lipinski definition) is 2. The normalized spacial score (nSPS) is 11.3. The summed E-state index contributed by atoms with van der Waals surface area (Å²) in [7, 11) is 3.20. The number of ether oxygens (including phenoxy) is 1. The maximum atomic E-state index is 13.2. The second-order valence-electron chi connectivity index (χ2n) is 6.15. The van der Waals surface area contributed by atoms with E-state index >= 15 is 0 Å². The summed E-state index contributed by atoms with van der Waals surface area (Å²) in [4.78, 5) is 12.3. The topological polar surface area (TPSA) is 68.2 Å². The van der Waals surface area contributed by atoms with Crippen LogP contribution in [0.1, 0.15) is 5.56 Å². The molecule has 1 heterocycles. The van der Waals surface area contributed by atoms with Crippen LogP contribution in [0.4, 0.5) is 33.7 Å². The third-order valence-electron chi connectivity index (χ3n) is 4.14. The zero-order valence-corrected chi connectivity index (χ0v) is 17.2. The van der Waals surface area contributed by atoms with Crippen molar-refractivity contribution in [2.24, 2.45) is 7.05 Å². The van der Waals surface area contributed by atoms with Gasteiger partial charge in [-0.05, 0) is 52.3 Å². The first-order valence-electron chi connectivity index (χ1n) is 8.41. The van der Waals surface area contributed by atoms with Crippen LogP contribution >= 0.6 is 15.9 Å². The molecule has 0 bridgehead atoms. The van der Waals surface area contributed by atoms with Crippen LogP contribution in [0.2, 0.25) is 0 Å². The zero-order valence-electron chi connectivity index (χ0n) is 15.6. The average molecular weight is 487 g/mol. The molecule has 3 rings (SSSR count). The van der Waals surface area contributed by atoms with Crippen molar-refractivity contribution in [3.63, 3.8) is 0 Å². The second kappa shape index (κ2) is 8.34. The van der Waals surface area contributed by atoms with Gasteiger partial charge in [0.1, 0.15) is 11.6 Å². The summed E-state index contributed by atoms with van der Waals surface area (Å²) in [6.07, 6.45) is -3.24. The van der Waals surface area contributed by atoms with Crippen molar-refractivity contribution in [1.29, 1.82) is 0 Å². The van der Waals surface area contributed by atoms with E-state index < -0.39 is 29.3 Å². The highest BCUT2D eigenvalue weighted by Gasteiger charge is 2.34. The Morgan fingerprint density at radius 1 is 1.17 bits per heavy atom. The predicted octanol–water partition coefficient (Wildman–Crippen LogP) is 5.66. The number of carbonyl (C=O) groups excluding carboxylic acids is 1. The van der Waals surface area contributed by atoms with Crippen LogP contribution in [-0.4, -0.2) is 22.9 Å². The van der Waals surface area contributed by atoms with Crippen molar-refractivity contribution in [2.75, 3.05) is 17.7 Å². The van der Waals surface area contributed by atoms with Gasteiger partial charge in [0.05, 0.1) is 34.7 Å². The first kappa shape index (κ1) is 21.6. The standard InChI is InChI=1S/C19H15BrF4N4O2/c1-28-17(14(20)9-25-28)12-8-11(4-6-16(12)30-2)26-18(29)27-15-5-3-10(21)7-13(15)19(22,23)24/h3-9H,1-2H3,(H2,26,27,29). The fourth-order valence-electron chi connectivity index (χ4n) is 2.83. The summed E-state index contributed by atoms with van der Waals surface area (Å²) in [6.45, 7) is 0. The van der Waals surface area contributed by atoms with E-state index in [9.17, 15) is 22.4 Å². The number of urea groups is 1. The van der Waals surface area contributed by atoms with Gasteiger partial charge in [0.2, 0.25) is 0 Å². The molecule has 0 fully saturated rings. The fourth-order valence-corrected chi connectivity index (χ4v) is 3.39. The monoisotopic (exact) mass is 486 g/mol. The van der Waals surface area contributed by atoms with Gasteiger partial charge in [0.25, 0.3) is 0 Å². The van der Waals surface area contributed by atoms with Gasteiger partial charge in [0.15, 0.2) is 0 Å². The summed E-state index contributed by atoms with van der Waals surface area (Å²) >= 11 is 3.39. The molecule has 30 heavy (non-hydrogen) atoms. The number of aromatic nitrogens is 2. The summed E-state index contributed by atoms with van der Waals surface area (Å²) in [5.41, 5.74) is -0.280. The molecule has 3 aromatic rings. The molecule has 0 saturated heterocycles. The Kier molecular flexibility index (Phi) is 6.01. The van der Waals surface area contributed by atoms with Crippen LogP contribution in [0.5, 0.6) is 5.75 Å². The average Bonchev–Trinajstić information content (AvgIpc) is 3.00. The summed E-state index contributed by atoms with van der Waals surface area (Å²) in [5, 5.41) is 8.70. The Morgan fingerprint density at radius 3 is 2.50 bits per heavy atom. The number of aryl methyl sites for hydroxylation is 1. The first-order chi connectivity index (χ1) is 14.1.